The molecule has 0 bridgehead atoms. The second-order valence-corrected chi connectivity index (χ2v) is 16.4. The monoisotopic (exact) mass is 788 g/mol. The molecule has 288 valence electrons. The lowest BCUT2D eigenvalue weighted by Gasteiger charge is -2.35. The SMILES string of the molecule is c1ccc(-c2ccc(-c3nc(-c4ccc5c(c4)C4(c6ccccc6-c6ccccc6-5)c5ccccc5-c5ccccc54)cc(-c4cccc5oc6ccccc6c45)n3)cc2)cc1. The van der Waals surface area contributed by atoms with Gasteiger partial charge in [-0.15, -0.1) is 0 Å². The molecule has 0 N–H and O–H groups in total. The van der Waals surface area contributed by atoms with Crippen molar-refractivity contribution < 1.29 is 4.42 Å². The van der Waals surface area contributed by atoms with Gasteiger partial charge in [0.1, 0.15) is 11.2 Å². The highest BCUT2D eigenvalue weighted by Crippen LogP contribution is 2.61. The van der Waals surface area contributed by atoms with Gasteiger partial charge in [-0.05, 0) is 91.0 Å². The molecular formula is C59H36N2O. The van der Waals surface area contributed by atoms with Crippen molar-refractivity contribution in [2.75, 3.05) is 0 Å². The van der Waals surface area contributed by atoms with Gasteiger partial charge in [-0.2, -0.15) is 0 Å². The first-order chi connectivity index (χ1) is 30.7. The number of para-hydroxylation sites is 1. The van der Waals surface area contributed by atoms with E-state index in [1.54, 1.807) is 0 Å². The van der Waals surface area contributed by atoms with Crippen molar-refractivity contribution >= 4 is 21.9 Å². The van der Waals surface area contributed by atoms with Gasteiger partial charge in [0, 0.05) is 27.5 Å². The van der Waals surface area contributed by atoms with Gasteiger partial charge in [0.25, 0.3) is 0 Å². The van der Waals surface area contributed by atoms with Crippen LogP contribution in [0.15, 0.2) is 223 Å². The molecule has 0 radical (unpaired) electrons. The van der Waals surface area contributed by atoms with Crippen LogP contribution in [0.25, 0.3) is 100 Å². The van der Waals surface area contributed by atoms with Gasteiger partial charge < -0.3 is 4.42 Å². The Bertz CT molecular complexity index is 3540. The molecule has 11 aromatic rings. The van der Waals surface area contributed by atoms with Gasteiger partial charge >= 0.3 is 0 Å². The molecule has 2 aromatic heterocycles. The fraction of sp³-hybridized carbons (Fsp3) is 0.0169. The lowest BCUT2D eigenvalue weighted by molar-refractivity contribution is 0.669. The average molecular weight is 789 g/mol. The van der Waals surface area contributed by atoms with Crippen LogP contribution in [0.3, 0.4) is 0 Å². The van der Waals surface area contributed by atoms with Gasteiger partial charge in [0.05, 0.1) is 16.8 Å². The first kappa shape index (κ1) is 34.7. The van der Waals surface area contributed by atoms with Gasteiger partial charge in [0.2, 0.25) is 0 Å². The van der Waals surface area contributed by atoms with Gasteiger partial charge in [-0.1, -0.05) is 194 Å². The number of aromatic nitrogens is 2. The largest absolute Gasteiger partial charge is 0.456 e. The van der Waals surface area contributed by atoms with E-state index in [0.717, 1.165) is 55.6 Å². The third-order valence-electron chi connectivity index (χ3n) is 13.2. The van der Waals surface area contributed by atoms with Crippen LogP contribution < -0.4 is 0 Å². The Balaban J connectivity index is 1.10. The Morgan fingerprint density at radius 3 is 1.48 bits per heavy atom. The predicted octanol–water partition coefficient (Wildman–Crippen LogP) is 15.1. The summed E-state index contributed by atoms with van der Waals surface area (Å²) in [5.41, 5.74) is 20.6. The van der Waals surface area contributed by atoms with E-state index < -0.39 is 5.41 Å². The topological polar surface area (TPSA) is 38.9 Å². The molecule has 0 amide bonds. The summed E-state index contributed by atoms with van der Waals surface area (Å²) in [7, 11) is 0. The molecule has 2 aliphatic rings. The van der Waals surface area contributed by atoms with Crippen molar-refractivity contribution in [3.05, 3.63) is 241 Å². The summed E-state index contributed by atoms with van der Waals surface area (Å²) in [6.07, 6.45) is 0. The van der Waals surface area contributed by atoms with Crippen molar-refractivity contribution in [1.82, 2.24) is 9.97 Å². The summed E-state index contributed by atoms with van der Waals surface area (Å²) < 4.78 is 6.40. The van der Waals surface area contributed by atoms with Crippen LogP contribution in [-0.2, 0) is 5.41 Å². The van der Waals surface area contributed by atoms with Crippen LogP contribution in [0.5, 0.6) is 0 Å². The number of benzene rings is 9. The van der Waals surface area contributed by atoms with Crippen LogP contribution in [-0.4, -0.2) is 9.97 Å². The first-order valence-electron chi connectivity index (χ1n) is 21.2. The van der Waals surface area contributed by atoms with Gasteiger partial charge in [-0.25, -0.2) is 9.97 Å². The minimum absolute atomic E-state index is 0.596. The number of hydrogen-bond acceptors (Lipinski definition) is 3. The normalized spacial score (nSPS) is 13.0. The number of hydrogen-bond donors (Lipinski definition) is 0. The van der Waals surface area contributed by atoms with E-state index in [2.05, 4.69) is 200 Å². The molecule has 0 aliphatic heterocycles. The quantitative estimate of drug-likeness (QED) is 0.178. The molecule has 1 spiro atoms. The Labute approximate surface area is 359 Å². The van der Waals surface area contributed by atoms with Gasteiger partial charge in [0.15, 0.2) is 5.82 Å². The fourth-order valence-electron chi connectivity index (χ4n) is 10.5. The minimum atomic E-state index is -0.596. The first-order valence-corrected chi connectivity index (χ1v) is 21.2. The third-order valence-corrected chi connectivity index (χ3v) is 13.2. The summed E-state index contributed by atoms with van der Waals surface area (Å²) in [6, 6.07) is 78.8. The maximum Gasteiger partial charge on any atom is 0.160 e. The van der Waals surface area contributed by atoms with E-state index >= 15 is 0 Å². The predicted molar refractivity (Wildman–Crippen MR) is 253 cm³/mol. The zero-order valence-electron chi connectivity index (χ0n) is 33.6. The maximum atomic E-state index is 6.40. The van der Waals surface area contributed by atoms with Crippen molar-refractivity contribution in [2.24, 2.45) is 0 Å². The molecular weight excluding hydrogens is 753 g/mol. The lowest BCUT2D eigenvalue weighted by atomic mass is 9.65. The van der Waals surface area contributed by atoms with E-state index in [4.69, 9.17) is 14.4 Å². The van der Waals surface area contributed by atoms with E-state index in [9.17, 15) is 0 Å². The molecule has 3 heteroatoms. The number of fused-ring (bicyclic) bond motifs is 15. The zero-order chi connectivity index (χ0) is 40.8. The van der Waals surface area contributed by atoms with Crippen LogP contribution in [0.2, 0.25) is 0 Å². The summed E-state index contributed by atoms with van der Waals surface area (Å²) in [4.78, 5) is 10.8. The third kappa shape index (κ3) is 5.00. The molecule has 9 aromatic carbocycles. The van der Waals surface area contributed by atoms with Crippen molar-refractivity contribution in [3.8, 4) is 78.4 Å². The molecule has 0 unspecified atom stereocenters. The average Bonchev–Trinajstić information content (AvgIpc) is 3.85. The molecule has 0 atom stereocenters. The van der Waals surface area contributed by atoms with E-state index in [1.165, 1.54) is 61.2 Å². The molecule has 2 heterocycles. The summed E-state index contributed by atoms with van der Waals surface area (Å²) in [5, 5.41) is 2.11. The van der Waals surface area contributed by atoms with E-state index in [0.29, 0.717) is 5.82 Å². The highest BCUT2D eigenvalue weighted by Gasteiger charge is 2.49. The van der Waals surface area contributed by atoms with E-state index in [-0.39, 0.29) is 0 Å². The number of nitrogens with zero attached hydrogens (tertiary/aromatic N) is 2. The molecule has 62 heavy (non-hydrogen) atoms. The second kappa shape index (κ2) is 13.4. The fourth-order valence-corrected chi connectivity index (χ4v) is 10.5. The highest BCUT2D eigenvalue weighted by atomic mass is 16.3. The lowest BCUT2D eigenvalue weighted by Crippen LogP contribution is -2.29. The second-order valence-electron chi connectivity index (χ2n) is 16.4. The molecule has 2 aliphatic carbocycles. The summed E-state index contributed by atoms with van der Waals surface area (Å²) in [5.74, 6) is 0.666. The number of rotatable bonds is 4. The maximum absolute atomic E-state index is 6.40. The van der Waals surface area contributed by atoms with E-state index in [1.807, 2.05) is 18.2 Å². The molecule has 3 nitrogen and oxygen atoms in total. The zero-order valence-corrected chi connectivity index (χ0v) is 33.6. The Hall–Kier alpha value is -8.14. The standard InChI is InChI=1S/C59H36N2O/c1-2-15-37(16-3-1)38-29-31-39(32-30-38)58-60-53(36-54(61-58)47-23-14-28-56-57(47)48-22-9-13-27-55(48)62-56)40-33-34-46-42-18-5-4-17-41(42)43-19-6-10-24-49(43)59(52(46)35-40)50-25-11-7-20-44(50)45-21-8-12-26-51(45)59/h1-36H. The molecule has 13 rings (SSSR count). The van der Waals surface area contributed by atoms with Crippen LogP contribution in [0.1, 0.15) is 22.3 Å². The Morgan fingerprint density at radius 1 is 0.306 bits per heavy atom. The highest BCUT2D eigenvalue weighted by molar-refractivity contribution is 6.12. The van der Waals surface area contributed by atoms with Crippen molar-refractivity contribution in [3.63, 3.8) is 0 Å². The van der Waals surface area contributed by atoms with Crippen LogP contribution in [0.4, 0.5) is 0 Å². The Morgan fingerprint density at radius 2 is 0.790 bits per heavy atom. The summed E-state index contributed by atoms with van der Waals surface area (Å²) >= 11 is 0. The van der Waals surface area contributed by atoms with Crippen LogP contribution in [0, 0.1) is 0 Å². The van der Waals surface area contributed by atoms with Crippen molar-refractivity contribution in [1.29, 1.82) is 0 Å². The molecule has 0 fully saturated rings. The molecule has 0 saturated heterocycles. The molecule has 0 saturated carbocycles. The smallest absolute Gasteiger partial charge is 0.160 e. The van der Waals surface area contributed by atoms with Gasteiger partial charge in [-0.3, -0.25) is 0 Å². The van der Waals surface area contributed by atoms with Crippen molar-refractivity contribution in [2.45, 2.75) is 5.41 Å². The Kier molecular flexibility index (Phi) is 7.52. The number of furan rings is 1. The summed E-state index contributed by atoms with van der Waals surface area (Å²) in [6.45, 7) is 0. The minimum Gasteiger partial charge on any atom is -0.456 e. The van der Waals surface area contributed by atoms with Crippen LogP contribution >= 0.6 is 0 Å².